The number of rotatable bonds is 3. The summed E-state index contributed by atoms with van der Waals surface area (Å²) in [5.74, 6) is 1.16. The summed E-state index contributed by atoms with van der Waals surface area (Å²) in [5, 5.41) is 9.36. The van der Waals surface area contributed by atoms with Crippen LogP contribution in [-0.2, 0) is 4.74 Å². The van der Waals surface area contributed by atoms with Gasteiger partial charge >= 0.3 is 0 Å². The fraction of sp³-hybridized carbons (Fsp3) is 0.368. The summed E-state index contributed by atoms with van der Waals surface area (Å²) in [6, 6.07) is 16.1. The van der Waals surface area contributed by atoms with Crippen LogP contribution in [0.5, 0.6) is 0 Å². The van der Waals surface area contributed by atoms with Crippen LogP contribution in [0.25, 0.3) is 0 Å². The first kappa shape index (κ1) is 15.5. The maximum absolute atomic E-state index is 9.36. The molecule has 1 aliphatic heterocycles. The summed E-state index contributed by atoms with van der Waals surface area (Å²) in [6.45, 7) is 5.80. The van der Waals surface area contributed by atoms with Gasteiger partial charge in [-0.3, -0.25) is 0 Å². The molecular formula is C19H21N3O. The number of nitriles is 1. The largest absolute Gasteiger partial charge is 0.366 e. The molecule has 118 valence electrons. The van der Waals surface area contributed by atoms with Crippen LogP contribution in [0, 0.1) is 17.2 Å². The lowest BCUT2D eigenvalue weighted by atomic mass is 10.0. The molecule has 0 aliphatic carbocycles. The topological polar surface area (TPSA) is 49.2 Å². The van der Waals surface area contributed by atoms with Gasteiger partial charge in [0.05, 0.1) is 11.7 Å². The van der Waals surface area contributed by atoms with Gasteiger partial charge in [-0.1, -0.05) is 44.2 Å². The molecular weight excluding hydrogens is 286 g/mol. The van der Waals surface area contributed by atoms with Crippen molar-refractivity contribution in [2.45, 2.75) is 26.1 Å². The second-order valence-corrected chi connectivity index (χ2v) is 6.21. The zero-order valence-corrected chi connectivity index (χ0v) is 13.5. The second kappa shape index (κ2) is 6.80. The summed E-state index contributed by atoms with van der Waals surface area (Å²) in [7, 11) is 0. The summed E-state index contributed by atoms with van der Waals surface area (Å²) >= 11 is 0. The van der Waals surface area contributed by atoms with E-state index < -0.39 is 0 Å². The normalized spacial score (nSPS) is 21.2. The zero-order valence-electron chi connectivity index (χ0n) is 13.5. The van der Waals surface area contributed by atoms with Crippen molar-refractivity contribution in [1.82, 2.24) is 4.98 Å². The van der Waals surface area contributed by atoms with E-state index in [-0.39, 0.29) is 12.2 Å². The van der Waals surface area contributed by atoms with Gasteiger partial charge in [0, 0.05) is 19.3 Å². The minimum absolute atomic E-state index is 0.00843. The number of anilines is 1. The average Bonchev–Trinajstić information content (AvgIpc) is 2.62. The molecule has 3 rings (SSSR count). The molecule has 1 aromatic carbocycles. The zero-order chi connectivity index (χ0) is 16.2. The number of pyridine rings is 1. The van der Waals surface area contributed by atoms with Crippen molar-refractivity contribution in [3.05, 3.63) is 59.8 Å². The lowest BCUT2D eigenvalue weighted by Crippen LogP contribution is -2.46. The first-order chi connectivity index (χ1) is 11.2. The Morgan fingerprint density at radius 2 is 1.96 bits per heavy atom. The number of morpholine rings is 1. The number of hydrogen-bond acceptors (Lipinski definition) is 4. The van der Waals surface area contributed by atoms with Crippen molar-refractivity contribution in [3.8, 4) is 6.07 Å². The minimum Gasteiger partial charge on any atom is -0.366 e. The van der Waals surface area contributed by atoms with Crippen LogP contribution in [0.2, 0.25) is 0 Å². The lowest BCUT2D eigenvalue weighted by molar-refractivity contribution is -0.0501. The Morgan fingerprint density at radius 1 is 1.17 bits per heavy atom. The van der Waals surface area contributed by atoms with Gasteiger partial charge in [-0.2, -0.15) is 5.26 Å². The highest BCUT2D eigenvalue weighted by atomic mass is 16.5. The fourth-order valence-electron chi connectivity index (χ4n) is 2.92. The molecule has 0 saturated carbocycles. The highest BCUT2D eigenvalue weighted by Crippen LogP contribution is 2.31. The van der Waals surface area contributed by atoms with Gasteiger partial charge in [-0.05, 0) is 23.6 Å². The maximum atomic E-state index is 9.36. The van der Waals surface area contributed by atoms with E-state index in [0.717, 1.165) is 17.9 Å². The first-order valence-electron chi connectivity index (χ1n) is 7.99. The summed E-state index contributed by atoms with van der Waals surface area (Å²) in [4.78, 5) is 6.63. The van der Waals surface area contributed by atoms with Crippen LogP contribution in [0.1, 0.15) is 31.1 Å². The lowest BCUT2D eigenvalue weighted by Gasteiger charge is -2.40. The van der Waals surface area contributed by atoms with Gasteiger partial charge < -0.3 is 9.64 Å². The highest BCUT2D eigenvalue weighted by Gasteiger charge is 2.32. The van der Waals surface area contributed by atoms with Crippen LogP contribution in [-0.4, -0.2) is 24.2 Å². The van der Waals surface area contributed by atoms with Crippen LogP contribution in [0.3, 0.4) is 0 Å². The molecule has 1 aromatic heterocycles. The molecule has 0 N–H and O–H groups in total. The second-order valence-electron chi connectivity index (χ2n) is 6.21. The Balaban J connectivity index is 1.92. The van der Waals surface area contributed by atoms with E-state index in [1.54, 1.807) is 12.3 Å². The van der Waals surface area contributed by atoms with E-state index in [1.165, 1.54) is 0 Å². The summed E-state index contributed by atoms with van der Waals surface area (Å²) < 4.78 is 6.31. The van der Waals surface area contributed by atoms with Gasteiger partial charge in [0.1, 0.15) is 18.0 Å². The van der Waals surface area contributed by atoms with Gasteiger partial charge in [0.2, 0.25) is 0 Å². The Bertz CT molecular complexity index is 693. The van der Waals surface area contributed by atoms with Crippen LogP contribution >= 0.6 is 0 Å². The predicted molar refractivity (Wildman–Crippen MR) is 90.1 cm³/mol. The third kappa shape index (κ3) is 3.35. The molecule has 0 radical (unpaired) electrons. The summed E-state index contributed by atoms with van der Waals surface area (Å²) in [5.41, 5.74) is 1.78. The standard InChI is InChI=1S/C19H21N3O/c1-14(2)17-12-22(19-16(11-20)9-6-10-21-19)13-18(23-17)15-7-4-3-5-8-15/h3-10,14,17-18H,12-13H2,1-2H3/t17-,18+/m1/s1. The number of ether oxygens (including phenoxy) is 1. The average molecular weight is 307 g/mol. The van der Waals surface area contributed by atoms with Crippen LogP contribution < -0.4 is 4.90 Å². The maximum Gasteiger partial charge on any atom is 0.146 e. The molecule has 0 bridgehead atoms. The predicted octanol–water partition coefficient (Wildman–Crippen LogP) is 3.56. The molecule has 2 heterocycles. The van der Waals surface area contributed by atoms with Crippen molar-refractivity contribution < 1.29 is 4.74 Å². The number of nitrogens with zero attached hydrogens (tertiary/aromatic N) is 3. The molecule has 1 fully saturated rings. The van der Waals surface area contributed by atoms with E-state index >= 15 is 0 Å². The Labute approximate surface area is 137 Å². The minimum atomic E-state index is -0.00843. The smallest absolute Gasteiger partial charge is 0.146 e. The van der Waals surface area contributed by atoms with E-state index in [1.807, 2.05) is 24.3 Å². The van der Waals surface area contributed by atoms with Crippen molar-refractivity contribution >= 4 is 5.82 Å². The Hall–Kier alpha value is -2.38. The highest BCUT2D eigenvalue weighted by molar-refractivity contribution is 5.54. The third-order valence-corrected chi connectivity index (χ3v) is 4.25. The first-order valence-corrected chi connectivity index (χ1v) is 7.99. The Kier molecular flexibility index (Phi) is 4.59. The fourth-order valence-corrected chi connectivity index (χ4v) is 2.92. The van der Waals surface area contributed by atoms with Crippen LogP contribution in [0.15, 0.2) is 48.7 Å². The molecule has 2 aromatic rings. The summed E-state index contributed by atoms with van der Waals surface area (Å²) in [6.07, 6.45) is 1.85. The molecule has 1 aliphatic rings. The van der Waals surface area contributed by atoms with Gasteiger partial charge in [0.25, 0.3) is 0 Å². The van der Waals surface area contributed by atoms with Gasteiger partial charge in [0.15, 0.2) is 0 Å². The molecule has 0 amide bonds. The van der Waals surface area contributed by atoms with Gasteiger partial charge in [-0.25, -0.2) is 4.98 Å². The van der Waals surface area contributed by atoms with Gasteiger partial charge in [-0.15, -0.1) is 0 Å². The quantitative estimate of drug-likeness (QED) is 0.870. The molecule has 1 saturated heterocycles. The number of aromatic nitrogens is 1. The SMILES string of the molecule is CC(C)[C@H]1CN(c2ncccc2C#N)C[C@@H](c2ccccc2)O1. The molecule has 0 spiro atoms. The molecule has 23 heavy (non-hydrogen) atoms. The third-order valence-electron chi connectivity index (χ3n) is 4.25. The van der Waals surface area contributed by atoms with E-state index in [4.69, 9.17) is 4.74 Å². The van der Waals surface area contributed by atoms with E-state index in [2.05, 4.69) is 41.9 Å². The number of benzene rings is 1. The molecule has 4 heteroatoms. The van der Waals surface area contributed by atoms with Crippen molar-refractivity contribution in [3.63, 3.8) is 0 Å². The number of hydrogen-bond donors (Lipinski definition) is 0. The van der Waals surface area contributed by atoms with Crippen molar-refractivity contribution in [2.75, 3.05) is 18.0 Å². The van der Waals surface area contributed by atoms with Crippen LogP contribution in [0.4, 0.5) is 5.82 Å². The van der Waals surface area contributed by atoms with Crippen molar-refractivity contribution in [2.24, 2.45) is 5.92 Å². The van der Waals surface area contributed by atoms with E-state index in [9.17, 15) is 5.26 Å². The monoisotopic (exact) mass is 307 g/mol. The van der Waals surface area contributed by atoms with Crippen molar-refractivity contribution in [1.29, 1.82) is 5.26 Å². The molecule has 2 atom stereocenters. The molecule has 0 unspecified atom stereocenters. The Morgan fingerprint density at radius 3 is 2.65 bits per heavy atom. The molecule has 4 nitrogen and oxygen atoms in total. The van der Waals surface area contributed by atoms with E-state index in [0.29, 0.717) is 18.0 Å².